The van der Waals surface area contributed by atoms with Crippen LogP contribution in [0, 0.1) is 11.8 Å². The Morgan fingerprint density at radius 2 is 1.71 bits per heavy atom. The molecule has 0 radical (unpaired) electrons. The van der Waals surface area contributed by atoms with Crippen molar-refractivity contribution in [3.63, 3.8) is 0 Å². The van der Waals surface area contributed by atoms with E-state index in [2.05, 4.69) is 6.92 Å². The number of anilines is 2. The number of hydrogen-bond donors (Lipinski definition) is 2. The number of esters is 2. The number of benzene rings is 2. The second kappa shape index (κ2) is 11.2. The average molecular weight is 465 g/mol. The van der Waals surface area contributed by atoms with Gasteiger partial charge in [-0.05, 0) is 73.1 Å². The zero-order chi connectivity index (χ0) is 24.7. The number of carbonyl (C=O) groups excluding carboxylic acids is 2. The first-order valence-corrected chi connectivity index (χ1v) is 12.0. The molecule has 4 N–H and O–H groups in total. The van der Waals surface area contributed by atoms with Crippen molar-refractivity contribution in [2.45, 2.75) is 58.3 Å². The smallest absolute Gasteiger partial charge is 0.330 e. The van der Waals surface area contributed by atoms with Crippen LogP contribution in [0.5, 0.6) is 5.75 Å². The third kappa shape index (κ3) is 6.86. The van der Waals surface area contributed by atoms with Crippen LogP contribution in [-0.4, -0.2) is 18.5 Å². The van der Waals surface area contributed by atoms with Gasteiger partial charge in [-0.3, -0.25) is 4.79 Å². The molecular weight excluding hydrogens is 428 g/mol. The zero-order valence-electron chi connectivity index (χ0n) is 20.4. The molecule has 0 atom stereocenters. The number of hydrogen-bond acceptors (Lipinski definition) is 6. The van der Waals surface area contributed by atoms with Gasteiger partial charge in [0.15, 0.2) is 0 Å². The first kappa shape index (κ1) is 25.3. The van der Waals surface area contributed by atoms with E-state index in [0.717, 1.165) is 42.7 Å². The van der Waals surface area contributed by atoms with Crippen LogP contribution >= 0.6 is 0 Å². The van der Waals surface area contributed by atoms with Gasteiger partial charge in [-0.2, -0.15) is 0 Å². The molecule has 1 saturated carbocycles. The maximum atomic E-state index is 12.4. The van der Waals surface area contributed by atoms with E-state index < -0.39 is 11.4 Å². The summed E-state index contributed by atoms with van der Waals surface area (Å²) >= 11 is 0. The SMILES string of the molecule is CCC1CCC(C(=O)Oc2ccc(C=CC(=O)OCC(C)(C)c3ccc(N)cc3N)cc2)CC1. The minimum absolute atomic E-state index is 0.00927. The van der Waals surface area contributed by atoms with E-state index in [0.29, 0.717) is 17.1 Å². The molecule has 0 spiro atoms. The number of nitrogen functional groups attached to an aromatic ring is 2. The molecule has 2 aromatic carbocycles. The summed E-state index contributed by atoms with van der Waals surface area (Å²) in [5, 5.41) is 0. The summed E-state index contributed by atoms with van der Waals surface area (Å²) in [5.74, 6) is 0.657. The Kier molecular flexibility index (Phi) is 8.37. The van der Waals surface area contributed by atoms with Gasteiger partial charge in [0.05, 0.1) is 5.92 Å². The first-order chi connectivity index (χ1) is 16.2. The van der Waals surface area contributed by atoms with E-state index in [-0.39, 0.29) is 18.5 Å². The van der Waals surface area contributed by atoms with Gasteiger partial charge >= 0.3 is 11.9 Å². The Balaban J connectivity index is 1.49. The van der Waals surface area contributed by atoms with Crippen molar-refractivity contribution >= 4 is 29.4 Å². The average Bonchev–Trinajstić information content (AvgIpc) is 2.82. The van der Waals surface area contributed by atoms with Crippen molar-refractivity contribution in [2.75, 3.05) is 18.1 Å². The fourth-order valence-electron chi connectivity index (χ4n) is 4.39. The highest BCUT2D eigenvalue weighted by molar-refractivity contribution is 5.87. The van der Waals surface area contributed by atoms with Crippen LogP contribution in [0.15, 0.2) is 48.5 Å². The van der Waals surface area contributed by atoms with Crippen molar-refractivity contribution in [2.24, 2.45) is 11.8 Å². The molecule has 0 amide bonds. The molecule has 3 rings (SSSR count). The summed E-state index contributed by atoms with van der Waals surface area (Å²) in [4.78, 5) is 24.7. The fraction of sp³-hybridized carbons (Fsp3) is 0.429. The highest BCUT2D eigenvalue weighted by atomic mass is 16.5. The second-order valence-corrected chi connectivity index (χ2v) is 9.79. The summed E-state index contributed by atoms with van der Waals surface area (Å²) in [6.07, 6.45) is 8.24. The van der Waals surface area contributed by atoms with Gasteiger partial charge < -0.3 is 20.9 Å². The standard InChI is InChI=1S/C28H36N2O4/c1-4-19-5-10-21(11-6-19)27(32)34-23-13-7-20(8-14-23)9-16-26(31)33-18-28(2,3)24-15-12-22(29)17-25(24)30/h7-9,12-17,19,21H,4-6,10-11,18,29-30H2,1-3H3. The molecule has 6 nitrogen and oxygen atoms in total. The van der Waals surface area contributed by atoms with Crippen molar-refractivity contribution in [3.05, 3.63) is 59.7 Å². The van der Waals surface area contributed by atoms with E-state index in [4.69, 9.17) is 20.9 Å². The van der Waals surface area contributed by atoms with Crippen LogP contribution in [0.1, 0.15) is 64.0 Å². The van der Waals surface area contributed by atoms with Gasteiger partial charge in [0.25, 0.3) is 0 Å². The quantitative estimate of drug-likeness (QED) is 0.231. The lowest BCUT2D eigenvalue weighted by atomic mass is 9.81. The predicted octanol–water partition coefficient (Wildman–Crippen LogP) is 5.51. The highest BCUT2D eigenvalue weighted by Gasteiger charge is 2.27. The Hall–Kier alpha value is -3.28. The molecule has 0 bridgehead atoms. The molecule has 0 unspecified atom stereocenters. The summed E-state index contributed by atoms with van der Waals surface area (Å²) in [6.45, 7) is 6.31. The minimum Gasteiger partial charge on any atom is -0.462 e. The van der Waals surface area contributed by atoms with Crippen molar-refractivity contribution in [3.8, 4) is 5.75 Å². The summed E-state index contributed by atoms with van der Waals surface area (Å²) < 4.78 is 11.0. The van der Waals surface area contributed by atoms with Crippen molar-refractivity contribution in [1.82, 2.24) is 0 Å². The van der Waals surface area contributed by atoms with E-state index in [1.165, 1.54) is 12.5 Å². The summed E-state index contributed by atoms with van der Waals surface area (Å²) in [6, 6.07) is 12.4. The number of rotatable bonds is 8. The largest absolute Gasteiger partial charge is 0.462 e. The normalized spacial score (nSPS) is 18.6. The first-order valence-electron chi connectivity index (χ1n) is 12.0. The lowest BCUT2D eigenvalue weighted by Gasteiger charge is -2.26. The molecule has 1 aliphatic rings. The van der Waals surface area contributed by atoms with Crippen LogP contribution in [0.4, 0.5) is 11.4 Å². The predicted molar refractivity (Wildman–Crippen MR) is 136 cm³/mol. The van der Waals surface area contributed by atoms with Crippen LogP contribution < -0.4 is 16.2 Å². The molecule has 1 fully saturated rings. The van der Waals surface area contributed by atoms with Crippen molar-refractivity contribution < 1.29 is 19.1 Å². The van der Waals surface area contributed by atoms with Crippen LogP contribution in [0.2, 0.25) is 0 Å². The maximum absolute atomic E-state index is 12.4. The summed E-state index contributed by atoms with van der Waals surface area (Å²) in [5.41, 5.74) is 14.2. The number of ether oxygens (including phenoxy) is 2. The van der Waals surface area contributed by atoms with Gasteiger partial charge in [0, 0.05) is 22.9 Å². The fourth-order valence-corrected chi connectivity index (χ4v) is 4.39. The van der Waals surface area contributed by atoms with Gasteiger partial charge in [0.2, 0.25) is 0 Å². The molecule has 0 aliphatic heterocycles. The molecular formula is C28H36N2O4. The summed E-state index contributed by atoms with van der Waals surface area (Å²) in [7, 11) is 0. The van der Waals surface area contributed by atoms with E-state index >= 15 is 0 Å². The van der Waals surface area contributed by atoms with E-state index in [1.54, 1.807) is 42.5 Å². The molecule has 2 aromatic rings. The Morgan fingerprint density at radius 1 is 1.03 bits per heavy atom. The Morgan fingerprint density at radius 3 is 2.32 bits per heavy atom. The third-order valence-corrected chi connectivity index (χ3v) is 6.65. The molecule has 1 aliphatic carbocycles. The maximum Gasteiger partial charge on any atom is 0.330 e. The van der Waals surface area contributed by atoms with Gasteiger partial charge in [-0.1, -0.05) is 45.4 Å². The molecule has 0 aromatic heterocycles. The lowest BCUT2D eigenvalue weighted by molar-refractivity contribution is -0.140. The van der Waals surface area contributed by atoms with Crippen molar-refractivity contribution in [1.29, 1.82) is 0 Å². The van der Waals surface area contributed by atoms with E-state index in [9.17, 15) is 9.59 Å². The molecule has 182 valence electrons. The molecule has 34 heavy (non-hydrogen) atoms. The number of carbonyl (C=O) groups is 2. The Bertz CT molecular complexity index is 1020. The van der Waals surface area contributed by atoms with Crippen LogP contribution in [-0.2, 0) is 19.7 Å². The molecule has 0 heterocycles. The van der Waals surface area contributed by atoms with Crippen LogP contribution in [0.25, 0.3) is 6.08 Å². The number of nitrogens with two attached hydrogens (primary N) is 2. The third-order valence-electron chi connectivity index (χ3n) is 6.65. The second-order valence-electron chi connectivity index (χ2n) is 9.79. The van der Waals surface area contributed by atoms with Gasteiger partial charge in [-0.25, -0.2) is 4.79 Å². The topological polar surface area (TPSA) is 105 Å². The monoisotopic (exact) mass is 464 g/mol. The Labute approximate surface area is 202 Å². The molecule has 0 saturated heterocycles. The molecule has 6 heteroatoms. The van der Waals surface area contributed by atoms with Gasteiger partial charge in [-0.15, -0.1) is 0 Å². The van der Waals surface area contributed by atoms with E-state index in [1.807, 2.05) is 19.9 Å². The zero-order valence-corrected chi connectivity index (χ0v) is 20.4. The minimum atomic E-state index is -0.456. The van der Waals surface area contributed by atoms with Gasteiger partial charge in [0.1, 0.15) is 12.4 Å². The highest BCUT2D eigenvalue weighted by Crippen LogP contribution is 2.32. The lowest BCUT2D eigenvalue weighted by Crippen LogP contribution is -2.27. The van der Waals surface area contributed by atoms with Crippen LogP contribution in [0.3, 0.4) is 0 Å².